The van der Waals surface area contributed by atoms with Crippen molar-refractivity contribution in [2.24, 2.45) is 0 Å². The lowest BCUT2D eigenvalue weighted by Crippen LogP contribution is -2.41. The van der Waals surface area contributed by atoms with Gasteiger partial charge in [-0.25, -0.2) is 8.42 Å². The summed E-state index contributed by atoms with van der Waals surface area (Å²) in [4.78, 5) is 24.2. The summed E-state index contributed by atoms with van der Waals surface area (Å²) >= 11 is 6.08. The summed E-state index contributed by atoms with van der Waals surface area (Å²) in [7, 11) is -2.74. The van der Waals surface area contributed by atoms with Gasteiger partial charge in [0.1, 0.15) is 16.4 Å². The van der Waals surface area contributed by atoms with Crippen LogP contribution in [0.4, 0.5) is 5.69 Å². The van der Waals surface area contributed by atoms with Crippen LogP contribution in [0.3, 0.4) is 0 Å². The summed E-state index contributed by atoms with van der Waals surface area (Å²) in [6.45, 7) is 1.60. The third kappa shape index (κ3) is 4.98. The van der Waals surface area contributed by atoms with E-state index < -0.39 is 21.8 Å². The number of ether oxygens (including phenoxy) is 1. The number of methoxy groups -OCH3 is 1. The van der Waals surface area contributed by atoms with Gasteiger partial charge in [-0.1, -0.05) is 23.7 Å². The molecule has 2 aromatic carbocycles. The maximum absolute atomic E-state index is 12.9. The Balaban J connectivity index is 1.79. The van der Waals surface area contributed by atoms with E-state index in [2.05, 4.69) is 15.6 Å². The number of amides is 2. The highest BCUT2D eigenvalue weighted by atomic mass is 35.5. The van der Waals surface area contributed by atoms with Crippen LogP contribution < -0.4 is 20.3 Å². The number of para-hydroxylation sites is 2. The van der Waals surface area contributed by atoms with Gasteiger partial charge in [-0.2, -0.15) is 0 Å². The number of hydrazine groups is 1. The molecule has 9 nitrogen and oxygen atoms in total. The molecule has 162 valence electrons. The topological polar surface area (TPSA) is 127 Å². The van der Waals surface area contributed by atoms with Crippen LogP contribution in [0.2, 0.25) is 5.02 Å². The standard InChI is InChI=1S/C20H18ClN3O6S/c1-12-14(9-10-30-12)20(26)23-22-19(25)13-7-8-15(21)18(11-13)31(27,28)24-16-5-3-4-6-17(16)29-2/h3-11,24H,1-2H3,(H,22,25)(H,23,26). The van der Waals surface area contributed by atoms with Crippen molar-refractivity contribution in [2.45, 2.75) is 11.8 Å². The quantitative estimate of drug-likeness (QED) is 0.482. The summed E-state index contributed by atoms with van der Waals surface area (Å²) < 4.78 is 38.3. The van der Waals surface area contributed by atoms with Gasteiger partial charge in [-0.05, 0) is 43.3 Å². The molecule has 0 saturated heterocycles. The second-order valence-corrected chi connectivity index (χ2v) is 8.31. The fourth-order valence-corrected chi connectivity index (χ4v) is 4.25. The van der Waals surface area contributed by atoms with Crippen LogP contribution in [0.25, 0.3) is 0 Å². The van der Waals surface area contributed by atoms with E-state index in [1.165, 1.54) is 37.6 Å². The van der Waals surface area contributed by atoms with Gasteiger partial charge in [-0.3, -0.25) is 25.2 Å². The molecule has 0 aliphatic rings. The van der Waals surface area contributed by atoms with E-state index in [9.17, 15) is 18.0 Å². The number of sulfonamides is 1. The molecule has 0 atom stereocenters. The molecule has 0 fully saturated rings. The first-order valence-corrected chi connectivity index (χ1v) is 10.7. The molecular weight excluding hydrogens is 446 g/mol. The van der Waals surface area contributed by atoms with E-state index >= 15 is 0 Å². The van der Waals surface area contributed by atoms with E-state index in [-0.39, 0.29) is 26.7 Å². The summed E-state index contributed by atoms with van der Waals surface area (Å²) in [6.07, 6.45) is 1.34. The van der Waals surface area contributed by atoms with Crippen molar-refractivity contribution >= 4 is 39.1 Å². The number of hydrogen-bond acceptors (Lipinski definition) is 6. The second kappa shape index (κ2) is 9.11. The lowest BCUT2D eigenvalue weighted by molar-refractivity contribution is 0.0845. The van der Waals surface area contributed by atoms with Gasteiger partial charge in [0, 0.05) is 5.56 Å². The van der Waals surface area contributed by atoms with E-state index in [4.69, 9.17) is 20.8 Å². The average Bonchev–Trinajstić information content (AvgIpc) is 3.18. The summed E-state index contributed by atoms with van der Waals surface area (Å²) in [5.74, 6) is -0.624. The lowest BCUT2D eigenvalue weighted by atomic mass is 10.2. The number of benzene rings is 2. The Kier molecular flexibility index (Phi) is 6.52. The van der Waals surface area contributed by atoms with Gasteiger partial charge in [0.15, 0.2) is 0 Å². The summed E-state index contributed by atoms with van der Waals surface area (Å²) in [6, 6.07) is 11.6. The second-order valence-electron chi connectivity index (χ2n) is 6.25. The van der Waals surface area contributed by atoms with Crippen LogP contribution >= 0.6 is 11.6 Å². The van der Waals surface area contributed by atoms with Gasteiger partial charge < -0.3 is 9.15 Å². The highest BCUT2D eigenvalue weighted by Crippen LogP contribution is 2.29. The number of rotatable bonds is 6. The first-order valence-electron chi connectivity index (χ1n) is 8.83. The van der Waals surface area contributed by atoms with E-state index in [1.807, 2.05) is 0 Å². The molecule has 0 unspecified atom stereocenters. The maximum Gasteiger partial charge on any atom is 0.273 e. The van der Waals surface area contributed by atoms with Crippen molar-refractivity contribution in [3.63, 3.8) is 0 Å². The maximum atomic E-state index is 12.9. The minimum atomic E-state index is -4.15. The number of nitrogens with one attached hydrogen (secondary N) is 3. The number of carbonyl (C=O) groups is 2. The van der Waals surface area contributed by atoms with Gasteiger partial charge >= 0.3 is 0 Å². The first kappa shape index (κ1) is 22.2. The van der Waals surface area contributed by atoms with Gasteiger partial charge in [0.05, 0.1) is 29.6 Å². The van der Waals surface area contributed by atoms with Crippen molar-refractivity contribution in [3.05, 3.63) is 76.7 Å². The number of furan rings is 1. The molecule has 3 aromatic rings. The zero-order valence-corrected chi connectivity index (χ0v) is 18.0. The smallest absolute Gasteiger partial charge is 0.273 e. The lowest BCUT2D eigenvalue weighted by Gasteiger charge is -2.13. The SMILES string of the molecule is COc1ccccc1NS(=O)(=O)c1cc(C(=O)NNC(=O)c2ccoc2C)ccc1Cl. The fraction of sp³-hybridized carbons (Fsp3) is 0.100. The van der Waals surface area contributed by atoms with E-state index in [0.717, 1.165) is 6.07 Å². The Morgan fingerprint density at radius 3 is 2.42 bits per heavy atom. The number of hydrogen-bond donors (Lipinski definition) is 3. The molecule has 0 aliphatic carbocycles. The molecule has 0 saturated carbocycles. The van der Waals surface area contributed by atoms with Crippen LogP contribution in [-0.2, 0) is 10.0 Å². The van der Waals surface area contributed by atoms with Crippen molar-refractivity contribution in [2.75, 3.05) is 11.8 Å². The molecule has 0 aliphatic heterocycles. The third-order valence-electron chi connectivity index (χ3n) is 4.23. The molecule has 2 amide bonds. The molecule has 3 rings (SSSR count). The molecule has 1 heterocycles. The van der Waals surface area contributed by atoms with Gasteiger partial charge in [0.25, 0.3) is 21.8 Å². The van der Waals surface area contributed by atoms with Crippen molar-refractivity contribution in [3.8, 4) is 5.75 Å². The number of aryl methyl sites for hydroxylation is 1. The van der Waals surface area contributed by atoms with Gasteiger partial charge in [-0.15, -0.1) is 0 Å². The van der Waals surface area contributed by atoms with Crippen molar-refractivity contribution < 1.29 is 27.2 Å². The van der Waals surface area contributed by atoms with Crippen LogP contribution in [-0.4, -0.2) is 27.3 Å². The molecule has 1 aromatic heterocycles. The van der Waals surface area contributed by atoms with E-state index in [1.54, 1.807) is 25.1 Å². The number of anilines is 1. The van der Waals surface area contributed by atoms with Crippen LogP contribution in [0.1, 0.15) is 26.5 Å². The van der Waals surface area contributed by atoms with Crippen LogP contribution in [0, 0.1) is 6.92 Å². The van der Waals surface area contributed by atoms with Crippen molar-refractivity contribution in [1.29, 1.82) is 0 Å². The Hall–Kier alpha value is -3.50. The minimum Gasteiger partial charge on any atom is -0.495 e. The Bertz CT molecular complexity index is 1240. The Morgan fingerprint density at radius 1 is 1.03 bits per heavy atom. The van der Waals surface area contributed by atoms with Crippen LogP contribution in [0.5, 0.6) is 5.75 Å². The molecule has 11 heteroatoms. The molecule has 3 N–H and O–H groups in total. The number of carbonyl (C=O) groups excluding carboxylic acids is 2. The zero-order valence-electron chi connectivity index (χ0n) is 16.4. The Morgan fingerprint density at radius 2 is 1.74 bits per heavy atom. The van der Waals surface area contributed by atoms with Crippen molar-refractivity contribution in [1.82, 2.24) is 10.9 Å². The van der Waals surface area contributed by atoms with Crippen LogP contribution in [0.15, 0.2) is 64.1 Å². The molecule has 0 bridgehead atoms. The fourth-order valence-electron chi connectivity index (χ4n) is 2.65. The third-order valence-corrected chi connectivity index (χ3v) is 6.07. The highest BCUT2D eigenvalue weighted by molar-refractivity contribution is 7.92. The predicted octanol–water partition coefficient (Wildman–Crippen LogP) is 3.13. The Labute approximate surface area is 183 Å². The summed E-state index contributed by atoms with van der Waals surface area (Å²) in [5, 5.41) is -0.0861. The van der Waals surface area contributed by atoms with E-state index in [0.29, 0.717) is 11.5 Å². The largest absolute Gasteiger partial charge is 0.495 e. The monoisotopic (exact) mass is 463 g/mol. The molecule has 0 spiro atoms. The molecular formula is C20H18ClN3O6S. The average molecular weight is 464 g/mol. The molecule has 31 heavy (non-hydrogen) atoms. The van der Waals surface area contributed by atoms with Gasteiger partial charge in [0.2, 0.25) is 0 Å². The minimum absolute atomic E-state index is 0.0333. The molecule has 0 radical (unpaired) electrons. The summed E-state index contributed by atoms with van der Waals surface area (Å²) in [5.41, 5.74) is 4.89. The highest BCUT2D eigenvalue weighted by Gasteiger charge is 2.22. The zero-order chi connectivity index (χ0) is 22.6. The first-order chi connectivity index (χ1) is 14.7. The normalized spacial score (nSPS) is 10.9. The predicted molar refractivity (Wildman–Crippen MR) is 114 cm³/mol. The number of halogens is 1.